The number of thioether (sulfide) groups is 1. The predicted molar refractivity (Wildman–Crippen MR) is 90.9 cm³/mol. The first-order valence-corrected chi connectivity index (χ1v) is 8.53. The summed E-state index contributed by atoms with van der Waals surface area (Å²) >= 11 is 4.56. The Balaban J connectivity index is 2.09. The molecule has 3 N–H and O–H groups in total. The average molecular weight is 398 g/mol. The fourth-order valence-electron chi connectivity index (χ4n) is 1.95. The monoisotopic (exact) mass is 397 g/mol. The molecule has 9 heteroatoms. The van der Waals surface area contributed by atoms with Crippen molar-refractivity contribution in [3.63, 3.8) is 0 Å². The lowest BCUT2D eigenvalue weighted by Gasteiger charge is -2.14. The lowest BCUT2D eigenvalue weighted by molar-refractivity contribution is -0.115. The number of hydrogen-bond donors (Lipinski definition) is 2. The molecule has 0 saturated carbocycles. The fraction of sp³-hybridized carbons (Fsp3) is 0.286. The second-order valence-corrected chi connectivity index (χ2v) is 6.63. The van der Waals surface area contributed by atoms with Gasteiger partial charge >= 0.3 is 0 Å². The van der Waals surface area contributed by atoms with E-state index in [9.17, 15) is 9.59 Å². The van der Waals surface area contributed by atoms with Crippen molar-refractivity contribution in [2.75, 3.05) is 5.75 Å². The van der Waals surface area contributed by atoms with E-state index in [1.54, 1.807) is 29.8 Å². The normalized spacial score (nSPS) is 12.0. The number of primary amides is 1. The van der Waals surface area contributed by atoms with Crippen LogP contribution in [0.15, 0.2) is 33.9 Å². The number of nitrogens with one attached hydrogen (secondary N) is 1. The van der Waals surface area contributed by atoms with Crippen LogP contribution in [0.5, 0.6) is 0 Å². The Morgan fingerprint density at radius 3 is 2.74 bits per heavy atom. The summed E-state index contributed by atoms with van der Waals surface area (Å²) in [5, 5.41) is 11.5. The first kappa shape index (κ1) is 17.5. The SMILES string of the molecule is CC(NC(=O)c1ccccc1Br)c1nnc(SCC(N)=O)n1C. The first-order chi connectivity index (χ1) is 10.9. The summed E-state index contributed by atoms with van der Waals surface area (Å²) in [6, 6.07) is 6.84. The van der Waals surface area contributed by atoms with Crippen LogP contribution < -0.4 is 11.1 Å². The molecule has 1 unspecified atom stereocenters. The molecule has 0 bridgehead atoms. The van der Waals surface area contributed by atoms with Gasteiger partial charge < -0.3 is 15.6 Å². The first-order valence-electron chi connectivity index (χ1n) is 6.76. The van der Waals surface area contributed by atoms with Gasteiger partial charge in [0.25, 0.3) is 5.91 Å². The quantitative estimate of drug-likeness (QED) is 0.721. The van der Waals surface area contributed by atoms with E-state index in [4.69, 9.17) is 5.73 Å². The molecule has 122 valence electrons. The molecule has 2 amide bonds. The van der Waals surface area contributed by atoms with Gasteiger partial charge in [0.1, 0.15) is 0 Å². The molecule has 7 nitrogen and oxygen atoms in total. The molecule has 1 aromatic carbocycles. The van der Waals surface area contributed by atoms with Gasteiger partial charge in [-0.2, -0.15) is 0 Å². The van der Waals surface area contributed by atoms with Gasteiger partial charge in [-0.25, -0.2) is 0 Å². The third-order valence-electron chi connectivity index (χ3n) is 3.07. The molecule has 0 aliphatic heterocycles. The van der Waals surface area contributed by atoms with Crippen LogP contribution in [0.2, 0.25) is 0 Å². The maximum atomic E-state index is 12.3. The van der Waals surface area contributed by atoms with Gasteiger partial charge in [-0.1, -0.05) is 23.9 Å². The molecule has 0 aliphatic carbocycles. The fourth-order valence-corrected chi connectivity index (χ4v) is 3.07. The van der Waals surface area contributed by atoms with Crippen molar-refractivity contribution < 1.29 is 9.59 Å². The average Bonchev–Trinajstić information content (AvgIpc) is 2.86. The number of carbonyl (C=O) groups excluding carboxylic acids is 2. The summed E-state index contributed by atoms with van der Waals surface area (Å²) in [5.41, 5.74) is 5.67. The third-order valence-corrected chi connectivity index (χ3v) is 4.80. The Kier molecular flexibility index (Phi) is 5.78. The molecule has 1 heterocycles. The summed E-state index contributed by atoms with van der Waals surface area (Å²) < 4.78 is 2.46. The Bertz CT molecular complexity index is 734. The van der Waals surface area contributed by atoms with Crippen LogP contribution in [0.1, 0.15) is 29.1 Å². The molecule has 0 fully saturated rings. The second kappa shape index (κ2) is 7.60. The molecule has 2 rings (SSSR count). The van der Waals surface area contributed by atoms with Gasteiger partial charge in [0.15, 0.2) is 11.0 Å². The van der Waals surface area contributed by atoms with Crippen molar-refractivity contribution in [2.45, 2.75) is 18.1 Å². The van der Waals surface area contributed by atoms with Gasteiger partial charge in [0.05, 0.1) is 17.4 Å². The Morgan fingerprint density at radius 1 is 1.39 bits per heavy atom. The van der Waals surface area contributed by atoms with Gasteiger partial charge in [-0.15, -0.1) is 10.2 Å². The molecule has 1 aromatic heterocycles. The minimum atomic E-state index is -0.421. The van der Waals surface area contributed by atoms with Gasteiger partial charge in [-0.05, 0) is 35.0 Å². The van der Waals surface area contributed by atoms with Crippen LogP contribution in [-0.4, -0.2) is 32.3 Å². The molecule has 0 spiro atoms. The van der Waals surface area contributed by atoms with Crippen LogP contribution in [0.3, 0.4) is 0 Å². The second-order valence-electron chi connectivity index (χ2n) is 4.83. The van der Waals surface area contributed by atoms with E-state index in [0.717, 1.165) is 4.47 Å². The lowest BCUT2D eigenvalue weighted by atomic mass is 10.2. The van der Waals surface area contributed by atoms with E-state index < -0.39 is 5.91 Å². The zero-order valence-corrected chi connectivity index (χ0v) is 15.0. The zero-order chi connectivity index (χ0) is 17.0. The van der Waals surface area contributed by atoms with Crippen molar-refractivity contribution in [3.8, 4) is 0 Å². The summed E-state index contributed by atoms with van der Waals surface area (Å²) in [7, 11) is 1.78. The van der Waals surface area contributed by atoms with Crippen LogP contribution in [-0.2, 0) is 11.8 Å². The van der Waals surface area contributed by atoms with E-state index in [0.29, 0.717) is 16.5 Å². The number of rotatable bonds is 6. The maximum Gasteiger partial charge on any atom is 0.253 e. The van der Waals surface area contributed by atoms with Crippen molar-refractivity contribution in [1.29, 1.82) is 0 Å². The summed E-state index contributed by atoms with van der Waals surface area (Å²) in [4.78, 5) is 23.2. The minimum absolute atomic E-state index is 0.129. The summed E-state index contributed by atoms with van der Waals surface area (Å²) in [6.45, 7) is 1.82. The van der Waals surface area contributed by atoms with E-state index in [-0.39, 0.29) is 17.7 Å². The molecule has 2 aromatic rings. The number of benzene rings is 1. The number of hydrogen-bond acceptors (Lipinski definition) is 5. The number of halogens is 1. The molecule has 23 heavy (non-hydrogen) atoms. The minimum Gasteiger partial charge on any atom is -0.369 e. The molecule has 0 radical (unpaired) electrons. The molecular formula is C14H16BrN5O2S. The predicted octanol–water partition coefficient (Wildman–Crippen LogP) is 1.65. The highest BCUT2D eigenvalue weighted by atomic mass is 79.9. The smallest absolute Gasteiger partial charge is 0.253 e. The van der Waals surface area contributed by atoms with E-state index in [2.05, 4.69) is 31.4 Å². The number of amides is 2. The third kappa shape index (κ3) is 4.32. The molecule has 0 aliphatic rings. The maximum absolute atomic E-state index is 12.3. The Morgan fingerprint density at radius 2 is 2.09 bits per heavy atom. The largest absolute Gasteiger partial charge is 0.369 e. The van der Waals surface area contributed by atoms with Crippen molar-refractivity contribution in [1.82, 2.24) is 20.1 Å². The van der Waals surface area contributed by atoms with Gasteiger partial charge in [0, 0.05) is 11.5 Å². The summed E-state index contributed by atoms with van der Waals surface area (Å²) in [5.74, 6) is 0.0930. The van der Waals surface area contributed by atoms with E-state index in [1.165, 1.54) is 11.8 Å². The highest BCUT2D eigenvalue weighted by Gasteiger charge is 2.19. The number of nitrogens with two attached hydrogens (primary N) is 1. The van der Waals surface area contributed by atoms with E-state index >= 15 is 0 Å². The zero-order valence-electron chi connectivity index (χ0n) is 12.6. The molecular weight excluding hydrogens is 382 g/mol. The van der Waals surface area contributed by atoms with Gasteiger partial charge in [-0.3, -0.25) is 9.59 Å². The highest BCUT2D eigenvalue weighted by molar-refractivity contribution is 9.10. The molecule has 0 saturated heterocycles. The number of nitrogens with zero attached hydrogens (tertiary/aromatic N) is 3. The van der Waals surface area contributed by atoms with Crippen LogP contribution in [0.25, 0.3) is 0 Å². The Labute approximate surface area is 146 Å². The highest BCUT2D eigenvalue weighted by Crippen LogP contribution is 2.20. The van der Waals surface area contributed by atoms with Crippen molar-refractivity contribution in [3.05, 3.63) is 40.1 Å². The number of carbonyl (C=O) groups is 2. The Hall–Kier alpha value is -1.87. The van der Waals surface area contributed by atoms with Crippen LogP contribution >= 0.6 is 27.7 Å². The van der Waals surface area contributed by atoms with Crippen LogP contribution in [0.4, 0.5) is 0 Å². The van der Waals surface area contributed by atoms with E-state index in [1.807, 2.05) is 13.0 Å². The van der Waals surface area contributed by atoms with Crippen molar-refractivity contribution in [2.24, 2.45) is 12.8 Å². The number of aromatic nitrogens is 3. The lowest BCUT2D eigenvalue weighted by Crippen LogP contribution is -2.28. The standard InChI is InChI=1S/C14H16BrN5O2S/c1-8(17-13(22)9-5-3-4-6-10(9)15)12-18-19-14(20(12)2)23-7-11(16)21/h3-6,8H,7H2,1-2H3,(H2,16,21)(H,17,22). The molecule has 1 atom stereocenters. The van der Waals surface area contributed by atoms with Crippen molar-refractivity contribution >= 4 is 39.5 Å². The topological polar surface area (TPSA) is 103 Å². The van der Waals surface area contributed by atoms with Gasteiger partial charge in [0.2, 0.25) is 5.91 Å². The van der Waals surface area contributed by atoms with Crippen LogP contribution in [0, 0.1) is 0 Å². The summed E-state index contributed by atoms with van der Waals surface area (Å²) in [6.07, 6.45) is 0.